The first-order valence-corrected chi connectivity index (χ1v) is 12.6. The van der Waals surface area contributed by atoms with Crippen molar-refractivity contribution < 1.29 is 9.90 Å². The van der Waals surface area contributed by atoms with Crippen LogP contribution in [0.5, 0.6) is 0 Å². The van der Waals surface area contributed by atoms with E-state index in [0.29, 0.717) is 29.3 Å². The normalized spacial score (nSPS) is 25.0. The van der Waals surface area contributed by atoms with Crippen LogP contribution in [-0.4, -0.2) is 28.1 Å². The fourth-order valence-electron chi connectivity index (χ4n) is 5.26. The lowest BCUT2D eigenvalue weighted by Gasteiger charge is -2.52. The second-order valence-electron chi connectivity index (χ2n) is 9.62. The molecule has 3 unspecified atom stereocenters. The maximum absolute atomic E-state index is 14.1. The lowest BCUT2D eigenvalue weighted by atomic mass is 9.67. The first kappa shape index (κ1) is 25.8. The predicted molar refractivity (Wildman–Crippen MR) is 138 cm³/mol. The fraction of sp³-hybridized carbons (Fsp3) is 0.464. The molecule has 2 aromatic carbocycles. The van der Waals surface area contributed by atoms with E-state index in [1.54, 1.807) is 6.92 Å². The first-order valence-electron chi connectivity index (χ1n) is 11.8. The zero-order chi connectivity index (χ0) is 24.2. The Balaban J connectivity index is 2.19. The summed E-state index contributed by atoms with van der Waals surface area (Å²) in [6, 6.07) is 15.7. The Labute approximate surface area is 208 Å². The van der Waals surface area contributed by atoms with Crippen molar-refractivity contribution in [3.05, 3.63) is 82.4 Å². The lowest BCUT2D eigenvalue weighted by molar-refractivity contribution is -0.155. The van der Waals surface area contributed by atoms with Gasteiger partial charge < -0.3 is 10.0 Å². The van der Waals surface area contributed by atoms with Gasteiger partial charge >= 0.3 is 0 Å². The van der Waals surface area contributed by atoms with Gasteiger partial charge in [0.2, 0.25) is 5.91 Å². The third kappa shape index (κ3) is 5.82. The number of halogens is 2. The number of rotatable bonds is 9. The number of carbonyl (C=O) groups excluding carboxylic acids is 1. The standard InChI is InChI=1S/C28H35Cl2NO2/c1-5-16-28(4)18-25(21-8-7-9-23(30)17-21)26(20-11-13-22(29)14-12-20)31(27(28)33)24(6-2)15-10-19(3)32/h5,7-9,11-14,17,19,24-26,32H,1,6,10,15-16,18H2,2-4H3/t19?,24-,25?,26?,28-/m0/s1. The van der Waals surface area contributed by atoms with Crippen molar-refractivity contribution in [3.63, 3.8) is 0 Å². The van der Waals surface area contributed by atoms with Crippen LogP contribution in [0.2, 0.25) is 10.0 Å². The minimum absolute atomic E-state index is 0.0129. The summed E-state index contributed by atoms with van der Waals surface area (Å²) in [5, 5.41) is 11.3. The number of allylic oxidation sites excluding steroid dienone is 1. The molecule has 5 heteroatoms. The van der Waals surface area contributed by atoms with Crippen molar-refractivity contribution >= 4 is 29.1 Å². The van der Waals surface area contributed by atoms with Crippen LogP contribution in [0.15, 0.2) is 61.2 Å². The molecule has 178 valence electrons. The summed E-state index contributed by atoms with van der Waals surface area (Å²) >= 11 is 12.6. The zero-order valence-electron chi connectivity index (χ0n) is 19.8. The molecule has 1 saturated heterocycles. The monoisotopic (exact) mass is 487 g/mol. The van der Waals surface area contributed by atoms with Crippen LogP contribution < -0.4 is 0 Å². The van der Waals surface area contributed by atoms with Gasteiger partial charge in [-0.15, -0.1) is 6.58 Å². The second kappa shape index (κ2) is 11.1. The molecule has 1 aliphatic heterocycles. The molecule has 1 fully saturated rings. The Kier molecular flexibility index (Phi) is 8.66. The summed E-state index contributed by atoms with van der Waals surface area (Å²) in [4.78, 5) is 16.2. The van der Waals surface area contributed by atoms with E-state index in [9.17, 15) is 9.90 Å². The van der Waals surface area contributed by atoms with E-state index in [1.165, 1.54) is 0 Å². The van der Waals surface area contributed by atoms with Crippen molar-refractivity contribution in [3.8, 4) is 0 Å². The molecule has 3 nitrogen and oxygen atoms in total. The largest absolute Gasteiger partial charge is 0.393 e. The molecule has 1 amide bonds. The molecule has 0 radical (unpaired) electrons. The molecule has 0 aliphatic carbocycles. The number of aliphatic hydroxyl groups excluding tert-OH is 1. The molecule has 3 rings (SSSR count). The molecular weight excluding hydrogens is 453 g/mol. The Morgan fingerprint density at radius 1 is 1.15 bits per heavy atom. The molecule has 33 heavy (non-hydrogen) atoms. The highest BCUT2D eigenvalue weighted by Crippen LogP contribution is 2.52. The van der Waals surface area contributed by atoms with Gasteiger partial charge in [-0.25, -0.2) is 0 Å². The van der Waals surface area contributed by atoms with Crippen LogP contribution >= 0.6 is 23.2 Å². The Morgan fingerprint density at radius 2 is 1.85 bits per heavy atom. The summed E-state index contributed by atoms with van der Waals surface area (Å²) in [5.74, 6) is 0.214. The second-order valence-corrected chi connectivity index (χ2v) is 10.5. The average molecular weight is 488 g/mol. The van der Waals surface area contributed by atoms with Crippen molar-refractivity contribution in [1.29, 1.82) is 0 Å². The van der Waals surface area contributed by atoms with E-state index in [-0.39, 0.29) is 23.9 Å². The van der Waals surface area contributed by atoms with Crippen LogP contribution in [0.3, 0.4) is 0 Å². The molecule has 0 bridgehead atoms. The smallest absolute Gasteiger partial charge is 0.229 e. The third-order valence-electron chi connectivity index (χ3n) is 6.97. The third-order valence-corrected chi connectivity index (χ3v) is 7.45. The molecule has 0 saturated carbocycles. The van der Waals surface area contributed by atoms with Crippen molar-refractivity contribution in [2.24, 2.45) is 5.41 Å². The number of amides is 1. The summed E-state index contributed by atoms with van der Waals surface area (Å²) in [5.41, 5.74) is 1.63. The van der Waals surface area contributed by atoms with Crippen molar-refractivity contribution in [1.82, 2.24) is 4.90 Å². The van der Waals surface area contributed by atoms with Gasteiger partial charge in [0.25, 0.3) is 0 Å². The van der Waals surface area contributed by atoms with Gasteiger partial charge in [0.15, 0.2) is 0 Å². The number of piperidine rings is 1. The van der Waals surface area contributed by atoms with Crippen LogP contribution in [-0.2, 0) is 4.79 Å². The van der Waals surface area contributed by atoms with Gasteiger partial charge in [0, 0.05) is 22.0 Å². The van der Waals surface area contributed by atoms with Crippen LogP contribution in [0.4, 0.5) is 0 Å². The molecule has 1 aliphatic rings. The van der Waals surface area contributed by atoms with Gasteiger partial charge in [-0.1, -0.05) is 67.4 Å². The van der Waals surface area contributed by atoms with E-state index in [2.05, 4.69) is 31.4 Å². The summed E-state index contributed by atoms with van der Waals surface area (Å²) in [6.45, 7) is 9.92. The summed E-state index contributed by atoms with van der Waals surface area (Å²) in [7, 11) is 0. The highest BCUT2D eigenvalue weighted by Gasteiger charge is 2.50. The number of carbonyl (C=O) groups is 1. The van der Waals surface area contributed by atoms with Gasteiger partial charge in [-0.2, -0.15) is 0 Å². The van der Waals surface area contributed by atoms with Crippen LogP contribution in [0.25, 0.3) is 0 Å². The number of aliphatic hydroxyl groups is 1. The number of likely N-dealkylation sites (tertiary alicyclic amines) is 1. The Bertz CT molecular complexity index is 959. The Morgan fingerprint density at radius 3 is 2.42 bits per heavy atom. The number of benzene rings is 2. The van der Waals surface area contributed by atoms with Crippen LogP contribution in [0, 0.1) is 5.41 Å². The fourth-order valence-corrected chi connectivity index (χ4v) is 5.59. The van der Waals surface area contributed by atoms with E-state index in [4.69, 9.17) is 23.2 Å². The minimum Gasteiger partial charge on any atom is -0.393 e. The maximum atomic E-state index is 14.1. The van der Waals surface area contributed by atoms with Gasteiger partial charge in [-0.3, -0.25) is 4.79 Å². The SMILES string of the molecule is C=CC[C@@]1(C)CC(c2cccc(Cl)c2)C(c2ccc(Cl)cc2)N([C@@H](CC)CCC(C)O)C1=O. The number of nitrogens with zero attached hydrogens (tertiary/aromatic N) is 1. The van der Waals surface area contributed by atoms with E-state index in [1.807, 2.05) is 48.5 Å². The van der Waals surface area contributed by atoms with Crippen molar-refractivity contribution in [2.75, 3.05) is 0 Å². The maximum Gasteiger partial charge on any atom is 0.229 e. The van der Waals surface area contributed by atoms with Gasteiger partial charge in [0.1, 0.15) is 0 Å². The van der Waals surface area contributed by atoms with Gasteiger partial charge in [-0.05, 0) is 74.4 Å². The quantitative estimate of drug-likeness (QED) is 0.370. The molecule has 0 spiro atoms. The average Bonchev–Trinajstić information content (AvgIpc) is 2.77. The molecule has 0 aromatic heterocycles. The summed E-state index contributed by atoms with van der Waals surface area (Å²) < 4.78 is 0. The van der Waals surface area contributed by atoms with E-state index < -0.39 is 11.5 Å². The van der Waals surface area contributed by atoms with Gasteiger partial charge in [0.05, 0.1) is 17.6 Å². The molecule has 1 heterocycles. The molecular formula is C28H35Cl2NO2. The molecule has 2 aromatic rings. The minimum atomic E-state index is -0.560. The van der Waals surface area contributed by atoms with Crippen molar-refractivity contribution in [2.45, 2.75) is 77.0 Å². The zero-order valence-corrected chi connectivity index (χ0v) is 21.3. The number of hydrogen-bond acceptors (Lipinski definition) is 2. The number of hydrogen-bond donors (Lipinski definition) is 1. The predicted octanol–water partition coefficient (Wildman–Crippen LogP) is 7.57. The lowest BCUT2D eigenvalue weighted by Crippen LogP contribution is -2.55. The topological polar surface area (TPSA) is 40.5 Å². The Hall–Kier alpha value is -1.81. The molecule has 1 N–H and O–H groups in total. The molecule has 5 atom stereocenters. The highest BCUT2D eigenvalue weighted by atomic mass is 35.5. The first-order chi connectivity index (χ1) is 15.7. The summed E-state index contributed by atoms with van der Waals surface area (Å²) in [6.07, 6.45) is 4.97. The van der Waals surface area contributed by atoms with E-state index >= 15 is 0 Å². The van der Waals surface area contributed by atoms with Crippen LogP contribution in [0.1, 0.15) is 76.0 Å². The van der Waals surface area contributed by atoms with E-state index in [0.717, 1.165) is 24.0 Å². The highest BCUT2D eigenvalue weighted by molar-refractivity contribution is 6.30.